The van der Waals surface area contributed by atoms with Gasteiger partial charge in [0.1, 0.15) is 10.8 Å². The van der Waals surface area contributed by atoms with E-state index in [4.69, 9.17) is 4.74 Å². The molecule has 0 N–H and O–H groups in total. The lowest BCUT2D eigenvalue weighted by atomic mass is 9.81. The molecular weight excluding hydrogens is 314 g/mol. The molecule has 2 aromatic heterocycles. The molecule has 0 saturated heterocycles. The molecule has 8 nitrogen and oxygen atoms in total. The predicted molar refractivity (Wildman–Crippen MR) is 85.8 cm³/mol. The second kappa shape index (κ2) is 5.12. The van der Waals surface area contributed by atoms with E-state index in [-0.39, 0.29) is 29.5 Å². The molecule has 3 heterocycles. The van der Waals surface area contributed by atoms with Gasteiger partial charge in [0.2, 0.25) is 5.88 Å². The molecule has 3 rings (SSSR count). The molecule has 8 heteroatoms. The highest BCUT2D eigenvalue weighted by Gasteiger charge is 2.52. The number of aromatic nitrogens is 3. The van der Waals surface area contributed by atoms with Crippen LogP contribution in [0.15, 0.2) is 15.7 Å². The molecule has 1 aliphatic rings. The average molecular weight is 331 g/mol. The van der Waals surface area contributed by atoms with E-state index in [1.54, 1.807) is 20.8 Å². The topological polar surface area (TPSA) is 100 Å². The molecule has 24 heavy (non-hydrogen) atoms. The molecule has 2 aromatic rings. The molecule has 0 bridgehead atoms. The molecule has 0 fully saturated rings. The molecular formula is C16H17N3O5. The normalized spacial score (nSPS) is 15.8. The monoisotopic (exact) mass is 331 g/mol. The van der Waals surface area contributed by atoms with Crippen molar-refractivity contribution in [3.05, 3.63) is 32.5 Å². The van der Waals surface area contributed by atoms with Gasteiger partial charge in [0.05, 0.1) is 12.5 Å². The van der Waals surface area contributed by atoms with Gasteiger partial charge in [-0.2, -0.15) is 9.36 Å². The van der Waals surface area contributed by atoms with E-state index in [2.05, 4.69) is 4.98 Å². The number of carbonyl (C=O) groups is 2. The highest BCUT2D eigenvalue weighted by atomic mass is 16.5. The summed E-state index contributed by atoms with van der Waals surface area (Å²) < 4.78 is 6.41. The van der Waals surface area contributed by atoms with Crippen LogP contribution in [-0.2, 0) is 0 Å². The van der Waals surface area contributed by atoms with Crippen LogP contribution in [0, 0.1) is 12.3 Å². The number of rotatable bonds is 3. The van der Waals surface area contributed by atoms with Crippen molar-refractivity contribution in [1.82, 2.24) is 14.3 Å². The maximum atomic E-state index is 12.8. The molecule has 0 aromatic carbocycles. The molecule has 0 amide bonds. The zero-order chi connectivity index (χ0) is 17.8. The van der Waals surface area contributed by atoms with Gasteiger partial charge in [0.25, 0.3) is 22.9 Å². The first-order chi connectivity index (χ1) is 11.3. The fraction of sp³-hybridized carbons (Fsp3) is 0.438. The van der Waals surface area contributed by atoms with Crippen molar-refractivity contribution in [2.45, 2.75) is 33.6 Å². The van der Waals surface area contributed by atoms with E-state index in [9.17, 15) is 19.2 Å². The Bertz CT molecular complexity index is 1010. The molecule has 126 valence electrons. The van der Waals surface area contributed by atoms with Crippen LogP contribution >= 0.6 is 0 Å². The van der Waals surface area contributed by atoms with Crippen LogP contribution in [0.2, 0.25) is 0 Å². The molecule has 0 unspecified atom stereocenters. The zero-order valence-corrected chi connectivity index (χ0v) is 13.9. The number of ether oxygens (including phenoxy) is 1. The quantitative estimate of drug-likeness (QED) is 0.777. The average Bonchev–Trinajstić information content (AvgIpc) is 2.79. The van der Waals surface area contributed by atoms with E-state index in [0.717, 1.165) is 0 Å². The maximum absolute atomic E-state index is 12.8. The summed E-state index contributed by atoms with van der Waals surface area (Å²) in [6.07, 6.45) is 0.416. The molecule has 0 aliphatic carbocycles. The summed E-state index contributed by atoms with van der Waals surface area (Å²) in [6, 6.07) is 1.42. The maximum Gasteiger partial charge on any atom is 0.286 e. The summed E-state index contributed by atoms with van der Waals surface area (Å²) in [7, 11) is 1.32. The zero-order valence-electron chi connectivity index (χ0n) is 13.9. The molecule has 0 spiro atoms. The number of carbonyl (C=O) groups excluding carboxylic acids is 2. The fourth-order valence-corrected chi connectivity index (χ4v) is 3.29. The number of hydrogen-bond donors (Lipinski definition) is 0. The summed E-state index contributed by atoms with van der Waals surface area (Å²) in [5.41, 5.74) is -2.40. The lowest BCUT2D eigenvalue weighted by Gasteiger charge is -2.18. The van der Waals surface area contributed by atoms with Crippen LogP contribution in [0.25, 0.3) is 10.8 Å². The summed E-state index contributed by atoms with van der Waals surface area (Å²) in [4.78, 5) is 55.3. The van der Waals surface area contributed by atoms with Gasteiger partial charge in [-0.1, -0.05) is 13.8 Å². The number of hydrogen-bond acceptors (Lipinski definition) is 6. The van der Waals surface area contributed by atoms with Crippen molar-refractivity contribution in [2.24, 2.45) is 5.41 Å². The van der Waals surface area contributed by atoms with Crippen molar-refractivity contribution in [1.29, 1.82) is 0 Å². The highest BCUT2D eigenvalue weighted by Crippen LogP contribution is 2.34. The van der Waals surface area contributed by atoms with Gasteiger partial charge < -0.3 is 4.74 Å². The van der Waals surface area contributed by atoms with Crippen LogP contribution in [0.5, 0.6) is 5.88 Å². The van der Waals surface area contributed by atoms with E-state index < -0.39 is 28.3 Å². The van der Waals surface area contributed by atoms with Gasteiger partial charge in [0.15, 0.2) is 0 Å². The molecule has 0 atom stereocenters. The van der Waals surface area contributed by atoms with Gasteiger partial charge in [-0.05, 0) is 25.8 Å². The number of pyridine rings is 1. The number of fused-ring (bicyclic) bond motifs is 2. The Balaban J connectivity index is 2.56. The second-order valence-electron chi connectivity index (χ2n) is 5.83. The first kappa shape index (κ1) is 16.1. The van der Waals surface area contributed by atoms with Crippen LogP contribution in [0.1, 0.15) is 42.0 Å². The largest absolute Gasteiger partial charge is 0.480 e. The second-order valence-corrected chi connectivity index (χ2v) is 5.83. The lowest BCUT2D eigenvalue weighted by molar-refractivity contribution is 0.0631. The minimum absolute atomic E-state index is 0.0183. The summed E-state index contributed by atoms with van der Waals surface area (Å²) in [5, 5.41) is -0.0711. The van der Waals surface area contributed by atoms with Crippen molar-refractivity contribution >= 4 is 22.6 Å². The van der Waals surface area contributed by atoms with Crippen LogP contribution in [0.4, 0.5) is 0 Å². The lowest BCUT2D eigenvalue weighted by Crippen LogP contribution is -2.38. The third kappa shape index (κ3) is 1.70. The fourth-order valence-electron chi connectivity index (χ4n) is 3.29. The van der Waals surface area contributed by atoms with Crippen LogP contribution in [0.3, 0.4) is 0 Å². The molecule has 0 radical (unpaired) electrons. The van der Waals surface area contributed by atoms with E-state index in [1.807, 2.05) is 0 Å². The van der Waals surface area contributed by atoms with Crippen LogP contribution in [-0.4, -0.2) is 33.3 Å². The van der Waals surface area contributed by atoms with Crippen molar-refractivity contribution in [3.8, 4) is 5.88 Å². The third-order valence-corrected chi connectivity index (χ3v) is 4.75. The minimum atomic E-state index is -1.39. The number of aryl methyl sites for hydroxylation is 1. The van der Waals surface area contributed by atoms with Crippen molar-refractivity contribution < 1.29 is 14.3 Å². The molecule has 0 saturated carbocycles. The van der Waals surface area contributed by atoms with E-state index in [0.29, 0.717) is 15.1 Å². The summed E-state index contributed by atoms with van der Waals surface area (Å²) in [6.45, 7) is 5.02. The Morgan fingerprint density at radius 3 is 2.08 bits per heavy atom. The predicted octanol–water partition coefficient (Wildman–Crippen LogP) is 0.976. The van der Waals surface area contributed by atoms with Gasteiger partial charge >= 0.3 is 0 Å². The Kier molecular flexibility index (Phi) is 3.43. The Labute approximate surface area is 136 Å². The first-order valence-corrected chi connectivity index (χ1v) is 7.67. The molecule has 1 aliphatic heterocycles. The minimum Gasteiger partial charge on any atom is -0.480 e. The SMILES string of the molecule is CCC1(CC)C(=O)n2c(=O)c3cc(C)nc(OC)c3c(=O)n2C1=O. The van der Waals surface area contributed by atoms with Gasteiger partial charge in [-0.15, -0.1) is 0 Å². The van der Waals surface area contributed by atoms with E-state index >= 15 is 0 Å². The highest BCUT2D eigenvalue weighted by molar-refractivity contribution is 6.12. The van der Waals surface area contributed by atoms with Crippen molar-refractivity contribution in [2.75, 3.05) is 7.11 Å². The first-order valence-electron chi connectivity index (χ1n) is 7.67. The standard InChI is InChI=1S/C16H17N3O5/c1-5-16(6-2)14(22)18-12(20)9-7-8(3)17-11(24-4)10(9)13(21)19(18)15(16)23/h7H,5-6H2,1-4H3. The van der Waals surface area contributed by atoms with Gasteiger partial charge in [0, 0.05) is 5.69 Å². The summed E-state index contributed by atoms with van der Waals surface area (Å²) in [5.74, 6) is -1.37. The van der Waals surface area contributed by atoms with E-state index in [1.165, 1.54) is 13.2 Å². The van der Waals surface area contributed by atoms with Crippen LogP contribution < -0.4 is 15.9 Å². The Morgan fingerprint density at radius 2 is 1.58 bits per heavy atom. The van der Waals surface area contributed by atoms with Gasteiger partial charge in [-0.3, -0.25) is 19.2 Å². The number of methoxy groups -OCH3 is 1. The van der Waals surface area contributed by atoms with Gasteiger partial charge in [-0.25, -0.2) is 4.98 Å². The third-order valence-electron chi connectivity index (χ3n) is 4.75. The summed E-state index contributed by atoms with van der Waals surface area (Å²) >= 11 is 0. The van der Waals surface area contributed by atoms with Crippen molar-refractivity contribution in [3.63, 3.8) is 0 Å². The number of nitrogens with zero attached hydrogens (tertiary/aromatic N) is 3. The Hall–Kier alpha value is -2.77. The Morgan fingerprint density at radius 1 is 1.04 bits per heavy atom. The smallest absolute Gasteiger partial charge is 0.286 e.